The summed E-state index contributed by atoms with van der Waals surface area (Å²) in [4.78, 5) is 10.6. The van der Waals surface area contributed by atoms with Crippen LogP contribution in [0.25, 0.3) is 0 Å². The van der Waals surface area contributed by atoms with E-state index >= 15 is 0 Å². The zero-order valence-electron chi connectivity index (χ0n) is 5.59. The van der Waals surface area contributed by atoms with E-state index < -0.39 is 0 Å². The molecule has 0 saturated heterocycles. The molecule has 0 aliphatic heterocycles. The number of methoxy groups -OCH3 is 2. The molecule has 0 heterocycles. The Morgan fingerprint density at radius 3 is 2.56 bits per heavy atom. The summed E-state index contributed by atoms with van der Waals surface area (Å²) in [5.74, 6) is -0.137. The van der Waals surface area contributed by atoms with Crippen molar-refractivity contribution >= 4 is 5.97 Å². The lowest BCUT2D eigenvalue weighted by atomic mass is 10.4. The number of ether oxygens (including phenoxy) is 2. The van der Waals surface area contributed by atoms with Crippen molar-refractivity contribution < 1.29 is 14.3 Å². The Morgan fingerprint density at radius 2 is 2.22 bits per heavy atom. The van der Waals surface area contributed by atoms with Gasteiger partial charge in [0.2, 0.25) is 0 Å². The lowest BCUT2D eigenvalue weighted by Gasteiger charge is -1.94. The normalized spacial score (nSPS) is 31.8. The second-order valence-corrected chi connectivity index (χ2v) is 2.14. The van der Waals surface area contributed by atoms with Gasteiger partial charge in [0, 0.05) is 7.11 Å². The predicted octanol–water partition coefficient (Wildman–Crippen LogP) is 0.194. The van der Waals surface area contributed by atoms with Crippen LogP contribution in [0.3, 0.4) is 0 Å². The highest BCUT2D eigenvalue weighted by Gasteiger charge is 2.44. The Kier molecular flexibility index (Phi) is 1.71. The van der Waals surface area contributed by atoms with E-state index in [1.54, 1.807) is 7.11 Å². The van der Waals surface area contributed by atoms with E-state index in [1.807, 2.05) is 0 Å². The molecule has 1 fully saturated rings. The number of hydrogen-bond donors (Lipinski definition) is 0. The van der Waals surface area contributed by atoms with Gasteiger partial charge in [0.05, 0.1) is 19.1 Å². The largest absolute Gasteiger partial charge is 0.469 e. The van der Waals surface area contributed by atoms with Crippen LogP contribution in [0.5, 0.6) is 0 Å². The molecule has 0 aromatic heterocycles. The summed E-state index contributed by atoms with van der Waals surface area (Å²) in [7, 11) is 3.00. The average Bonchev–Trinajstić information content (AvgIpc) is 2.64. The molecular weight excluding hydrogens is 120 g/mol. The van der Waals surface area contributed by atoms with Gasteiger partial charge in [-0.15, -0.1) is 0 Å². The Bertz CT molecular complexity index is 121. The maximum absolute atomic E-state index is 10.6. The zero-order valence-corrected chi connectivity index (χ0v) is 5.59. The van der Waals surface area contributed by atoms with Crippen LogP contribution in [0.15, 0.2) is 0 Å². The molecule has 0 aromatic rings. The monoisotopic (exact) mass is 130 g/mol. The van der Waals surface area contributed by atoms with Gasteiger partial charge in [-0.3, -0.25) is 4.79 Å². The fourth-order valence-electron chi connectivity index (χ4n) is 0.832. The third-order valence-electron chi connectivity index (χ3n) is 1.54. The maximum atomic E-state index is 10.6. The smallest absolute Gasteiger partial charge is 0.311 e. The topological polar surface area (TPSA) is 35.5 Å². The highest BCUT2D eigenvalue weighted by molar-refractivity contribution is 5.76. The fourth-order valence-corrected chi connectivity index (χ4v) is 0.832. The number of hydrogen-bond acceptors (Lipinski definition) is 3. The molecule has 2 atom stereocenters. The second kappa shape index (κ2) is 2.35. The predicted molar refractivity (Wildman–Crippen MR) is 30.9 cm³/mol. The summed E-state index contributed by atoms with van der Waals surface area (Å²) in [6, 6.07) is 0. The van der Waals surface area contributed by atoms with Gasteiger partial charge in [0.1, 0.15) is 0 Å². The third kappa shape index (κ3) is 1.21. The lowest BCUT2D eigenvalue weighted by molar-refractivity contribution is -0.143. The molecule has 0 amide bonds. The van der Waals surface area contributed by atoms with Crippen LogP contribution in [0.1, 0.15) is 6.42 Å². The van der Waals surface area contributed by atoms with Gasteiger partial charge < -0.3 is 9.47 Å². The van der Waals surface area contributed by atoms with E-state index in [0.717, 1.165) is 6.42 Å². The Balaban J connectivity index is 2.25. The summed E-state index contributed by atoms with van der Waals surface area (Å²) in [5, 5.41) is 0. The van der Waals surface area contributed by atoms with Crippen molar-refractivity contribution in [3.63, 3.8) is 0 Å². The van der Waals surface area contributed by atoms with Gasteiger partial charge in [-0.1, -0.05) is 0 Å². The molecule has 0 unspecified atom stereocenters. The molecular formula is C6H10O3. The Morgan fingerprint density at radius 1 is 1.56 bits per heavy atom. The van der Waals surface area contributed by atoms with E-state index in [1.165, 1.54) is 7.11 Å². The number of esters is 1. The molecule has 0 spiro atoms. The standard InChI is InChI=1S/C6H10O3/c1-8-5-3-4(5)6(7)9-2/h4-5H,3H2,1-2H3/t4-,5-/m1/s1. The first-order chi connectivity index (χ1) is 4.29. The van der Waals surface area contributed by atoms with E-state index in [4.69, 9.17) is 4.74 Å². The van der Waals surface area contributed by atoms with Crippen LogP contribution in [0.2, 0.25) is 0 Å². The van der Waals surface area contributed by atoms with Crippen LogP contribution in [0, 0.1) is 5.92 Å². The van der Waals surface area contributed by atoms with Gasteiger partial charge in [0.25, 0.3) is 0 Å². The quantitative estimate of drug-likeness (QED) is 0.501. The van der Waals surface area contributed by atoms with Crippen LogP contribution in [-0.4, -0.2) is 26.3 Å². The van der Waals surface area contributed by atoms with Gasteiger partial charge >= 0.3 is 5.97 Å². The molecule has 1 aliphatic carbocycles. The van der Waals surface area contributed by atoms with Gasteiger partial charge in [-0.25, -0.2) is 0 Å². The van der Waals surface area contributed by atoms with Gasteiger partial charge in [-0.2, -0.15) is 0 Å². The highest BCUT2D eigenvalue weighted by Crippen LogP contribution is 2.33. The lowest BCUT2D eigenvalue weighted by Crippen LogP contribution is -2.06. The first-order valence-corrected chi connectivity index (χ1v) is 2.90. The number of carbonyl (C=O) groups excluding carboxylic acids is 1. The fraction of sp³-hybridized carbons (Fsp3) is 0.833. The van der Waals surface area contributed by atoms with Crippen LogP contribution in [0.4, 0.5) is 0 Å². The molecule has 52 valence electrons. The van der Waals surface area contributed by atoms with Crippen LogP contribution >= 0.6 is 0 Å². The van der Waals surface area contributed by atoms with E-state index in [-0.39, 0.29) is 18.0 Å². The van der Waals surface area contributed by atoms with Crippen LogP contribution in [-0.2, 0) is 14.3 Å². The summed E-state index contributed by atoms with van der Waals surface area (Å²) < 4.78 is 9.38. The second-order valence-electron chi connectivity index (χ2n) is 2.14. The zero-order chi connectivity index (χ0) is 6.85. The number of rotatable bonds is 2. The number of carbonyl (C=O) groups is 1. The van der Waals surface area contributed by atoms with E-state index in [2.05, 4.69) is 4.74 Å². The molecule has 0 N–H and O–H groups in total. The van der Waals surface area contributed by atoms with Crippen LogP contribution < -0.4 is 0 Å². The first kappa shape index (κ1) is 6.55. The summed E-state index contributed by atoms with van der Waals surface area (Å²) in [6.07, 6.45) is 0.945. The minimum Gasteiger partial charge on any atom is -0.469 e. The Labute approximate surface area is 53.9 Å². The van der Waals surface area contributed by atoms with Crippen molar-refractivity contribution in [1.82, 2.24) is 0 Å². The third-order valence-corrected chi connectivity index (χ3v) is 1.54. The van der Waals surface area contributed by atoms with Gasteiger partial charge in [-0.05, 0) is 6.42 Å². The molecule has 3 nitrogen and oxygen atoms in total. The molecule has 3 heteroatoms. The molecule has 9 heavy (non-hydrogen) atoms. The molecule has 1 rings (SSSR count). The Hall–Kier alpha value is -0.570. The molecule has 1 saturated carbocycles. The highest BCUT2D eigenvalue weighted by atomic mass is 16.5. The minimum atomic E-state index is -0.151. The summed E-state index contributed by atoms with van der Waals surface area (Å²) >= 11 is 0. The van der Waals surface area contributed by atoms with Gasteiger partial charge in [0.15, 0.2) is 0 Å². The molecule has 0 bridgehead atoms. The molecule has 1 aliphatic rings. The summed E-state index contributed by atoms with van der Waals surface area (Å²) in [5.41, 5.74) is 0. The van der Waals surface area contributed by atoms with E-state index in [0.29, 0.717) is 0 Å². The van der Waals surface area contributed by atoms with Crippen molar-refractivity contribution in [3.8, 4) is 0 Å². The van der Waals surface area contributed by atoms with E-state index in [9.17, 15) is 4.79 Å². The van der Waals surface area contributed by atoms with Crippen molar-refractivity contribution in [2.45, 2.75) is 12.5 Å². The summed E-state index contributed by atoms with van der Waals surface area (Å²) in [6.45, 7) is 0. The van der Waals surface area contributed by atoms with Crippen molar-refractivity contribution in [1.29, 1.82) is 0 Å². The maximum Gasteiger partial charge on any atom is 0.311 e. The van der Waals surface area contributed by atoms with Crippen molar-refractivity contribution in [3.05, 3.63) is 0 Å². The average molecular weight is 130 g/mol. The SMILES string of the molecule is COC(=O)[C@@H]1C[C@H]1OC. The molecule has 0 radical (unpaired) electrons. The molecule has 0 aromatic carbocycles. The minimum absolute atomic E-state index is 0.0139. The van der Waals surface area contributed by atoms with Crippen molar-refractivity contribution in [2.24, 2.45) is 5.92 Å². The first-order valence-electron chi connectivity index (χ1n) is 2.90. The van der Waals surface area contributed by atoms with Crippen molar-refractivity contribution in [2.75, 3.05) is 14.2 Å².